The van der Waals surface area contributed by atoms with Gasteiger partial charge in [-0.25, -0.2) is 0 Å². The van der Waals surface area contributed by atoms with Crippen molar-refractivity contribution >= 4 is 101 Å². The molecule has 5 heteroatoms. The minimum absolute atomic E-state index is 0.0250. The maximum atomic E-state index is 9.55. The van der Waals surface area contributed by atoms with E-state index in [1.807, 2.05) is 42.5 Å². The van der Waals surface area contributed by atoms with Gasteiger partial charge in [-0.05, 0) is 167 Å². The SMILES string of the molecule is [2H]c1c([2H])c([2H])c2c(c1[2H])c1c([2H])c([2H])c([2H])c([2H])c1n2-c1ccc2c(c1)N(c1ccc(-c3cc(C(C)(C)C)cc(C(C)(C)C)c3)cc1)c1cccc3c1B2c1ccc(-n2c4c([2H])c([2H])c([2H])c([2H])c4c4c([2H])c([2H])c([2H])c([2H])c42)cc1N3c1ccc(-c2cc(C(C)(C)C)cc(C(C)(C)C)c2)cc1. The van der Waals surface area contributed by atoms with Gasteiger partial charge in [0.1, 0.15) is 0 Å². The van der Waals surface area contributed by atoms with Gasteiger partial charge in [-0.15, -0.1) is 0 Å². The van der Waals surface area contributed by atoms with Gasteiger partial charge in [0.2, 0.25) is 0 Å². The number of benzene rings is 11. The number of hydrogen-bond acceptors (Lipinski definition) is 2. The molecule has 426 valence electrons. The van der Waals surface area contributed by atoms with E-state index in [2.05, 4.69) is 190 Å². The lowest BCUT2D eigenvalue weighted by atomic mass is 9.33. The van der Waals surface area contributed by atoms with Crippen LogP contribution in [0.3, 0.4) is 0 Å². The fraction of sp³-hybridized carbons (Fsp3) is 0.195. The zero-order valence-corrected chi connectivity index (χ0v) is 51.1. The molecule has 4 heterocycles. The summed E-state index contributed by atoms with van der Waals surface area (Å²) in [5.41, 5.74) is 15.6. The normalized spacial score (nSPS) is 16.0. The van der Waals surface area contributed by atoms with E-state index in [4.69, 9.17) is 11.0 Å². The molecule has 0 spiro atoms. The lowest BCUT2D eigenvalue weighted by Crippen LogP contribution is -2.61. The summed E-state index contributed by atoms with van der Waals surface area (Å²) in [6, 6.07) is 40.2. The van der Waals surface area contributed by atoms with E-state index in [9.17, 15) is 11.0 Å². The van der Waals surface area contributed by atoms with Crippen LogP contribution in [0, 0.1) is 0 Å². The first kappa shape index (κ1) is 39.4. The van der Waals surface area contributed by atoms with Crippen LogP contribution in [0.25, 0.3) is 77.2 Å². The van der Waals surface area contributed by atoms with E-state index in [-0.39, 0.29) is 65.3 Å². The van der Waals surface area contributed by atoms with Gasteiger partial charge < -0.3 is 18.9 Å². The van der Waals surface area contributed by atoms with Crippen molar-refractivity contribution in [2.75, 3.05) is 9.80 Å². The third-order valence-electron chi connectivity index (χ3n) is 17.8. The average molecular weight is 1140 g/mol. The Morgan fingerprint density at radius 2 is 0.598 bits per heavy atom. The van der Waals surface area contributed by atoms with Crippen molar-refractivity contribution in [1.29, 1.82) is 0 Å². The highest BCUT2D eigenvalue weighted by Crippen LogP contribution is 2.47. The third-order valence-corrected chi connectivity index (χ3v) is 17.8. The second-order valence-electron chi connectivity index (χ2n) is 27.6. The van der Waals surface area contributed by atoms with E-state index in [1.165, 1.54) is 31.4 Å². The van der Waals surface area contributed by atoms with E-state index < -0.39 is 103 Å². The van der Waals surface area contributed by atoms with Crippen LogP contribution in [0.4, 0.5) is 34.1 Å². The zero-order valence-electron chi connectivity index (χ0n) is 67.1. The Hall–Kier alpha value is -9.32. The summed E-state index contributed by atoms with van der Waals surface area (Å²) >= 11 is 0. The Kier molecular flexibility index (Phi) is 8.88. The minimum Gasteiger partial charge on any atom is -0.311 e. The van der Waals surface area contributed by atoms with Crippen LogP contribution in [-0.4, -0.2) is 15.8 Å². The van der Waals surface area contributed by atoms with Gasteiger partial charge in [-0.2, -0.15) is 0 Å². The summed E-state index contributed by atoms with van der Waals surface area (Å²) in [6.07, 6.45) is 0. The lowest BCUT2D eigenvalue weighted by Gasteiger charge is -2.44. The molecule has 0 N–H and O–H groups in total. The molecule has 0 atom stereocenters. The van der Waals surface area contributed by atoms with Crippen molar-refractivity contribution in [3.05, 3.63) is 258 Å². The van der Waals surface area contributed by atoms with Crippen molar-refractivity contribution in [3.63, 3.8) is 0 Å². The van der Waals surface area contributed by atoms with Crippen molar-refractivity contribution in [2.45, 2.75) is 105 Å². The molecule has 13 aromatic rings. The molecular formula is C82H75BN4. The molecule has 0 radical (unpaired) electrons. The minimum atomic E-state index is -0.613. The highest BCUT2D eigenvalue weighted by molar-refractivity contribution is 7.00. The van der Waals surface area contributed by atoms with E-state index in [1.54, 1.807) is 0 Å². The molecule has 2 aromatic heterocycles. The van der Waals surface area contributed by atoms with Gasteiger partial charge in [-0.3, -0.25) is 0 Å². The molecule has 11 aromatic carbocycles. The Bertz CT molecular complexity index is 5320. The molecule has 0 fully saturated rings. The topological polar surface area (TPSA) is 16.3 Å². The Labute approximate surface area is 536 Å². The van der Waals surface area contributed by atoms with Crippen molar-refractivity contribution in [3.8, 4) is 33.6 Å². The molecule has 0 unspecified atom stereocenters. The molecule has 2 aliphatic heterocycles. The molecule has 15 rings (SSSR count). The fourth-order valence-corrected chi connectivity index (χ4v) is 13.0. The fourth-order valence-electron chi connectivity index (χ4n) is 13.0. The summed E-state index contributed by atoms with van der Waals surface area (Å²) in [4.78, 5) is 4.35. The quantitative estimate of drug-likeness (QED) is 0.154. The first-order valence-electron chi connectivity index (χ1n) is 37.9. The summed E-state index contributed by atoms with van der Waals surface area (Å²) in [5.74, 6) is 0. The Balaban J connectivity index is 1.03. The molecule has 2 aliphatic rings. The van der Waals surface area contributed by atoms with Gasteiger partial charge in [0, 0.05) is 67.0 Å². The highest BCUT2D eigenvalue weighted by Gasteiger charge is 2.44. The second-order valence-corrected chi connectivity index (χ2v) is 27.6. The summed E-state index contributed by atoms with van der Waals surface area (Å²) in [5, 5.41) is -0.200. The molecule has 0 bridgehead atoms. The molecule has 0 aliphatic carbocycles. The summed E-state index contributed by atoms with van der Waals surface area (Å²) in [7, 11) is 0. The van der Waals surface area contributed by atoms with Crippen molar-refractivity contribution < 1.29 is 21.9 Å². The number of anilines is 6. The van der Waals surface area contributed by atoms with Crippen LogP contribution in [0.2, 0.25) is 0 Å². The zero-order chi connectivity index (χ0) is 74.0. The van der Waals surface area contributed by atoms with Gasteiger partial charge >= 0.3 is 0 Å². The van der Waals surface area contributed by atoms with Crippen molar-refractivity contribution in [1.82, 2.24) is 9.13 Å². The maximum Gasteiger partial charge on any atom is 0.252 e. The number of aromatic nitrogens is 2. The molecular weight excluding hydrogens is 1050 g/mol. The molecule has 4 nitrogen and oxygen atoms in total. The number of nitrogens with zero attached hydrogens (tertiary/aromatic N) is 4. The highest BCUT2D eigenvalue weighted by atomic mass is 15.2. The first-order valence-corrected chi connectivity index (χ1v) is 29.9. The first-order chi connectivity index (χ1) is 48.3. The summed E-state index contributed by atoms with van der Waals surface area (Å²) < 4.78 is 150. The van der Waals surface area contributed by atoms with Gasteiger partial charge in [0.15, 0.2) is 0 Å². The average Bonchev–Trinajstić information content (AvgIpc) is 1.66. The third kappa shape index (κ3) is 8.94. The predicted octanol–water partition coefficient (Wildman–Crippen LogP) is 20.5. The predicted molar refractivity (Wildman–Crippen MR) is 375 cm³/mol. The number of hydrogen-bond donors (Lipinski definition) is 0. The molecule has 87 heavy (non-hydrogen) atoms. The standard InChI is InChI=1S/C82H75BN4/c1-79(2,3)56-44-54(45-57(48-56)80(4,5)6)52-32-36-60(37-33-52)84-74-30-21-31-75-78(74)83(68-42-40-62(50-76(68)84)86-70-26-17-13-22-64(70)65-23-14-18-27-71(65)86)69-43-41-63(87-72-28-19-15-24-66(72)67-25-16-20-29-73(67)87)51-77(69)85(75)61-38-34-53(35-39-61)55-46-58(81(7,8)9)49-59(47-55)82(10,11)12/h13-51H,1-12H3/i13D,14D,15D,16D,17D,18D,19D,20D,22D,23D,24D,25D,26D,27D,28D,29D. The van der Waals surface area contributed by atoms with Crippen LogP contribution >= 0.6 is 0 Å². The van der Waals surface area contributed by atoms with Crippen LogP contribution in [0.5, 0.6) is 0 Å². The van der Waals surface area contributed by atoms with Crippen LogP contribution in [0.1, 0.15) is 127 Å². The molecule has 0 amide bonds. The van der Waals surface area contributed by atoms with Gasteiger partial charge in [0.25, 0.3) is 6.71 Å². The molecule has 0 saturated heterocycles. The maximum absolute atomic E-state index is 9.55. The summed E-state index contributed by atoms with van der Waals surface area (Å²) in [6.45, 7) is 26.0. The van der Waals surface area contributed by atoms with E-state index in [0.717, 1.165) is 61.4 Å². The smallest absolute Gasteiger partial charge is 0.252 e. The number of para-hydroxylation sites is 4. The largest absolute Gasteiger partial charge is 0.311 e. The Morgan fingerprint density at radius 3 is 0.908 bits per heavy atom. The van der Waals surface area contributed by atoms with Gasteiger partial charge in [-0.1, -0.05) is 234 Å². The lowest BCUT2D eigenvalue weighted by molar-refractivity contribution is 0.568. The van der Waals surface area contributed by atoms with Crippen LogP contribution in [0.15, 0.2) is 236 Å². The van der Waals surface area contributed by atoms with Crippen LogP contribution in [-0.2, 0) is 21.7 Å². The number of rotatable bonds is 6. The van der Waals surface area contributed by atoms with E-state index in [0.29, 0.717) is 22.7 Å². The van der Waals surface area contributed by atoms with Gasteiger partial charge in [0.05, 0.1) is 44.0 Å². The second kappa shape index (κ2) is 19.6. The van der Waals surface area contributed by atoms with Crippen LogP contribution < -0.4 is 26.2 Å². The Morgan fingerprint density at radius 1 is 0.299 bits per heavy atom. The molecule has 0 saturated carbocycles. The van der Waals surface area contributed by atoms with E-state index >= 15 is 0 Å². The number of fused-ring (bicyclic) bond motifs is 10. The van der Waals surface area contributed by atoms with Crippen molar-refractivity contribution in [2.24, 2.45) is 0 Å². The monoisotopic (exact) mass is 1140 g/mol.